The van der Waals surface area contributed by atoms with Gasteiger partial charge in [0.15, 0.2) is 0 Å². The van der Waals surface area contributed by atoms with Crippen molar-refractivity contribution >= 4 is 22.2 Å². The maximum atomic E-state index is 10.6. The van der Waals surface area contributed by atoms with Crippen molar-refractivity contribution in [3.63, 3.8) is 0 Å². The van der Waals surface area contributed by atoms with E-state index in [9.17, 15) is 4.79 Å². The Balaban J connectivity index is 2.69. The number of hydrogen-bond donors (Lipinski definition) is 0. The van der Waals surface area contributed by atoms with Gasteiger partial charge in [-0.1, -0.05) is 13.8 Å². The van der Waals surface area contributed by atoms with E-state index < -0.39 is 0 Å². The standard InChI is InChI=1S/C8H11BrN2O/c1-8(2,6-12)5-11-4-7(9)3-10-11/h3-4,6H,5H2,1-2H3. The molecule has 1 rings (SSSR count). The predicted molar refractivity (Wildman–Crippen MR) is 49.8 cm³/mol. The summed E-state index contributed by atoms with van der Waals surface area (Å²) in [6.45, 7) is 4.38. The van der Waals surface area contributed by atoms with Crippen LogP contribution in [0.25, 0.3) is 0 Å². The van der Waals surface area contributed by atoms with Crippen molar-refractivity contribution in [2.45, 2.75) is 20.4 Å². The number of halogens is 1. The average Bonchev–Trinajstić information content (AvgIpc) is 2.35. The van der Waals surface area contributed by atoms with E-state index in [1.54, 1.807) is 10.9 Å². The fraction of sp³-hybridized carbons (Fsp3) is 0.500. The van der Waals surface area contributed by atoms with Crippen molar-refractivity contribution in [3.05, 3.63) is 16.9 Å². The average molecular weight is 231 g/mol. The Morgan fingerprint density at radius 3 is 2.83 bits per heavy atom. The van der Waals surface area contributed by atoms with Crippen molar-refractivity contribution in [3.8, 4) is 0 Å². The molecule has 0 atom stereocenters. The molecule has 0 fully saturated rings. The predicted octanol–water partition coefficient (Wildman–Crippen LogP) is 1.87. The van der Waals surface area contributed by atoms with Crippen LogP contribution in [0.15, 0.2) is 16.9 Å². The molecule has 12 heavy (non-hydrogen) atoms. The first-order valence-corrected chi connectivity index (χ1v) is 4.47. The zero-order chi connectivity index (χ0) is 9.19. The lowest BCUT2D eigenvalue weighted by Gasteiger charge is -2.15. The quantitative estimate of drug-likeness (QED) is 0.744. The van der Waals surface area contributed by atoms with E-state index in [-0.39, 0.29) is 5.41 Å². The first-order chi connectivity index (χ1) is 5.53. The highest BCUT2D eigenvalue weighted by molar-refractivity contribution is 9.10. The van der Waals surface area contributed by atoms with Crippen LogP contribution in [0.3, 0.4) is 0 Å². The summed E-state index contributed by atoms with van der Waals surface area (Å²) in [5.74, 6) is 0. The molecule has 0 radical (unpaired) electrons. The van der Waals surface area contributed by atoms with Gasteiger partial charge in [0.05, 0.1) is 17.2 Å². The van der Waals surface area contributed by atoms with Crippen molar-refractivity contribution in [2.75, 3.05) is 0 Å². The molecule has 0 saturated carbocycles. The minimum Gasteiger partial charge on any atom is -0.303 e. The Kier molecular flexibility index (Phi) is 2.67. The van der Waals surface area contributed by atoms with Gasteiger partial charge in [-0.05, 0) is 15.9 Å². The molecule has 0 N–H and O–H groups in total. The Hall–Kier alpha value is -0.640. The van der Waals surface area contributed by atoms with Gasteiger partial charge in [0.1, 0.15) is 6.29 Å². The van der Waals surface area contributed by atoms with Gasteiger partial charge in [-0.2, -0.15) is 5.10 Å². The van der Waals surface area contributed by atoms with E-state index in [0.29, 0.717) is 6.54 Å². The molecule has 1 heterocycles. The van der Waals surface area contributed by atoms with Gasteiger partial charge in [0, 0.05) is 11.6 Å². The topological polar surface area (TPSA) is 34.9 Å². The van der Waals surface area contributed by atoms with E-state index in [0.717, 1.165) is 10.8 Å². The molecule has 0 unspecified atom stereocenters. The highest BCUT2D eigenvalue weighted by Crippen LogP contribution is 2.15. The molecular weight excluding hydrogens is 220 g/mol. The van der Waals surface area contributed by atoms with Gasteiger partial charge in [-0.15, -0.1) is 0 Å². The Morgan fingerprint density at radius 1 is 1.75 bits per heavy atom. The minimum atomic E-state index is -0.342. The van der Waals surface area contributed by atoms with Gasteiger partial charge >= 0.3 is 0 Å². The molecule has 4 heteroatoms. The third-order valence-corrected chi connectivity index (χ3v) is 1.90. The first kappa shape index (κ1) is 9.45. The number of aromatic nitrogens is 2. The van der Waals surface area contributed by atoms with Gasteiger partial charge in [-0.25, -0.2) is 0 Å². The van der Waals surface area contributed by atoms with Crippen LogP contribution in [0.5, 0.6) is 0 Å². The molecule has 0 aliphatic heterocycles. The molecule has 0 aromatic carbocycles. The number of carbonyl (C=O) groups excluding carboxylic acids is 1. The van der Waals surface area contributed by atoms with Crippen molar-refractivity contribution in [1.29, 1.82) is 0 Å². The van der Waals surface area contributed by atoms with Crippen LogP contribution in [0, 0.1) is 5.41 Å². The van der Waals surface area contributed by atoms with E-state index in [4.69, 9.17) is 0 Å². The van der Waals surface area contributed by atoms with Gasteiger partial charge in [0.2, 0.25) is 0 Å². The summed E-state index contributed by atoms with van der Waals surface area (Å²) in [6.07, 6.45) is 4.51. The van der Waals surface area contributed by atoms with E-state index in [1.807, 2.05) is 20.0 Å². The highest BCUT2D eigenvalue weighted by atomic mass is 79.9. The molecule has 3 nitrogen and oxygen atoms in total. The SMILES string of the molecule is CC(C)(C=O)Cn1cc(Br)cn1. The maximum absolute atomic E-state index is 10.6. The molecule has 0 amide bonds. The molecule has 0 aliphatic rings. The summed E-state index contributed by atoms with van der Waals surface area (Å²) < 4.78 is 2.68. The molecule has 1 aromatic rings. The number of rotatable bonds is 3. The molecule has 0 aliphatic carbocycles. The molecule has 1 aromatic heterocycles. The fourth-order valence-corrected chi connectivity index (χ4v) is 1.21. The van der Waals surface area contributed by atoms with Crippen LogP contribution in [-0.2, 0) is 11.3 Å². The van der Waals surface area contributed by atoms with Gasteiger partial charge < -0.3 is 4.79 Å². The summed E-state index contributed by atoms with van der Waals surface area (Å²) in [7, 11) is 0. The fourth-order valence-electron chi connectivity index (χ4n) is 0.880. The zero-order valence-corrected chi connectivity index (χ0v) is 8.71. The van der Waals surface area contributed by atoms with Crippen LogP contribution in [0.4, 0.5) is 0 Å². The van der Waals surface area contributed by atoms with Crippen LogP contribution in [0.2, 0.25) is 0 Å². The molecule has 0 spiro atoms. The largest absolute Gasteiger partial charge is 0.303 e. The number of hydrogen-bond acceptors (Lipinski definition) is 2. The molecule has 66 valence electrons. The number of aldehydes is 1. The van der Waals surface area contributed by atoms with Gasteiger partial charge in [0.25, 0.3) is 0 Å². The maximum Gasteiger partial charge on any atom is 0.127 e. The second-order valence-corrected chi connectivity index (χ2v) is 4.38. The molecule has 0 saturated heterocycles. The van der Waals surface area contributed by atoms with Crippen LogP contribution >= 0.6 is 15.9 Å². The molecule has 0 bridgehead atoms. The zero-order valence-electron chi connectivity index (χ0n) is 7.12. The van der Waals surface area contributed by atoms with Crippen molar-refractivity contribution in [2.24, 2.45) is 5.41 Å². The summed E-state index contributed by atoms with van der Waals surface area (Å²) in [5.41, 5.74) is -0.342. The lowest BCUT2D eigenvalue weighted by molar-refractivity contribution is -0.115. The second kappa shape index (κ2) is 3.39. The number of carbonyl (C=O) groups is 1. The highest BCUT2D eigenvalue weighted by Gasteiger charge is 2.17. The second-order valence-electron chi connectivity index (χ2n) is 3.46. The Labute approximate surface area is 79.9 Å². The monoisotopic (exact) mass is 230 g/mol. The first-order valence-electron chi connectivity index (χ1n) is 3.68. The summed E-state index contributed by atoms with van der Waals surface area (Å²) >= 11 is 3.29. The minimum absolute atomic E-state index is 0.342. The van der Waals surface area contributed by atoms with E-state index >= 15 is 0 Å². The smallest absolute Gasteiger partial charge is 0.127 e. The summed E-state index contributed by atoms with van der Waals surface area (Å²) in [5, 5.41) is 4.06. The van der Waals surface area contributed by atoms with Crippen molar-refractivity contribution < 1.29 is 4.79 Å². The number of nitrogens with zero attached hydrogens (tertiary/aromatic N) is 2. The Bertz CT molecular complexity index is 280. The van der Waals surface area contributed by atoms with E-state index in [1.165, 1.54) is 0 Å². The third-order valence-electron chi connectivity index (χ3n) is 1.49. The van der Waals surface area contributed by atoms with Crippen LogP contribution < -0.4 is 0 Å². The van der Waals surface area contributed by atoms with Gasteiger partial charge in [-0.3, -0.25) is 4.68 Å². The lowest BCUT2D eigenvalue weighted by Crippen LogP contribution is -2.21. The van der Waals surface area contributed by atoms with Crippen LogP contribution in [-0.4, -0.2) is 16.1 Å². The van der Waals surface area contributed by atoms with E-state index in [2.05, 4.69) is 21.0 Å². The lowest BCUT2D eigenvalue weighted by atomic mass is 9.96. The molecular formula is C8H11BrN2O. The summed E-state index contributed by atoms with van der Waals surface area (Å²) in [6, 6.07) is 0. The summed E-state index contributed by atoms with van der Waals surface area (Å²) in [4.78, 5) is 10.6. The Morgan fingerprint density at radius 2 is 2.42 bits per heavy atom. The normalized spacial score (nSPS) is 11.6. The van der Waals surface area contributed by atoms with Crippen molar-refractivity contribution in [1.82, 2.24) is 9.78 Å². The third kappa shape index (κ3) is 2.44. The van der Waals surface area contributed by atoms with Crippen LogP contribution in [0.1, 0.15) is 13.8 Å².